The molecule has 2 heterocycles. The fourth-order valence-corrected chi connectivity index (χ4v) is 9.87. The zero-order valence-electron chi connectivity index (χ0n) is 18.1. The first-order valence-corrected chi connectivity index (χ1v) is 17.2. The number of rotatable bonds is 3. The van der Waals surface area contributed by atoms with Gasteiger partial charge in [0.05, 0.1) is 17.3 Å². The molecule has 2 saturated heterocycles. The molecule has 0 spiro atoms. The van der Waals surface area contributed by atoms with Crippen molar-refractivity contribution in [3.8, 4) is 0 Å². The topological polar surface area (TPSA) is 48.3 Å². The molecule has 5 nitrogen and oxygen atoms in total. The molecule has 0 amide bonds. The third-order valence-electron chi connectivity index (χ3n) is 6.65. The second kappa shape index (κ2) is 8.19. The van der Waals surface area contributed by atoms with Crippen molar-refractivity contribution in [1.82, 2.24) is 9.35 Å². The maximum Gasteiger partial charge on any atom is 0.172 e. The van der Waals surface area contributed by atoms with E-state index in [-0.39, 0.29) is 11.7 Å². The van der Waals surface area contributed by atoms with E-state index in [2.05, 4.69) is 35.5 Å². The van der Waals surface area contributed by atoms with Crippen LogP contribution in [0.3, 0.4) is 0 Å². The second-order valence-corrected chi connectivity index (χ2v) is 19.1. The Labute approximate surface area is 167 Å². The minimum absolute atomic E-state index is 0.183. The van der Waals surface area contributed by atoms with Crippen LogP contribution in [0, 0.1) is 5.92 Å². The van der Waals surface area contributed by atoms with Crippen molar-refractivity contribution in [2.24, 2.45) is 16.1 Å². The molecule has 3 rings (SSSR count). The molecule has 0 N–H and O–H groups in total. The Bertz CT molecular complexity index is 583. The van der Waals surface area contributed by atoms with Crippen LogP contribution < -0.4 is 0 Å². The number of ketones is 1. The quantitative estimate of drug-likeness (QED) is 0.639. The zero-order chi connectivity index (χ0) is 19.7. The number of hydrazone groups is 2. The van der Waals surface area contributed by atoms with Crippen LogP contribution in [0.25, 0.3) is 0 Å². The van der Waals surface area contributed by atoms with Gasteiger partial charge in [-0.1, -0.05) is 39.0 Å². The summed E-state index contributed by atoms with van der Waals surface area (Å²) >= 11 is 0. The number of hydrogen-bond donors (Lipinski definition) is 0. The fraction of sp³-hybridized carbons (Fsp3) is 0.850. The average Bonchev–Trinajstić information content (AvgIpc) is 2.58. The summed E-state index contributed by atoms with van der Waals surface area (Å²) in [5.74, 6) is 0.0392. The Morgan fingerprint density at radius 3 is 1.63 bits per heavy atom. The standard InChI is InChI=1S/C20H38N4OSi2/c1-17(25)20-18(21-23-13-6-8-15-26(23,2)3)11-10-12-19(20)22-24-14-7-9-16-27(24,4)5/h20H,6-16H2,1-5H3. The molecular formula is C20H38N4OSi2. The molecule has 3 aliphatic rings. The number of hydrogen-bond acceptors (Lipinski definition) is 5. The van der Waals surface area contributed by atoms with E-state index >= 15 is 0 Å². The van der Waals surface area contributed by atoms with Crippen LogP contribution >= 0.6 is 0 Å². The molecule has 0 unspecified atom stereocenters. The molecule has 0 radical (unpaired) electrons. The van der Waals surface area contributed by atoms with Crippen LogP contribution in [-0.4, -0.2) is 56.1 Å². The van der Waals surface area contributed by atoms with Gasteiger partial charge >= 0.3 is 0 Å². The molecule has 1 saturated carbocycles. The maximum absolute atomic E-state index is 12.6. The van der Waals surface area contributed by atoms with E-state index < -0.39 is 16.5 Å². The summed E-state index contributed by atoms with van der Waals surface area (Å²) in [6.45, 7) is 13.5. The van der Waals surface area contributed by atoms with E-state index in [1.807, 2.05) is 0 Å². The SMILES string of the molecule is CC(=O)C1C(=NN2CCCC[Si]2(C)C)CCCC1=NN1CCCC[Si]1(C)C. The zero-order valence-corrected chi connectivity index (χ0v) is 20.1. The van der Waals surface area contributed by atoms with Gasteiger partial charge in [0.15, 0.2) is 16.5 Å². The highest BCUT2D eigenvalue weighted by Crippen LogP contribution is 2.30. The third-order valence-corrected chi connectivity index (χ3v) is 13.2. The highest BCUT2D eigenvalue weighted by molar-refractivity contribution is 6.75. The molecule has 152 valence electrons. The summed E-state index contributed by atoms with van der Waals surface area (Å²) in [4.78, 5) is 12.6. The largest absolute Gasteiger partial charge is 0.324 e. The molecule has 0 aromatic carbocycles. The molecule has 0 bridgehead atoms. The van der Waals surface area contributed by atoms with Gasteiger partial charge < -0.3 is 9.35 Å². The average molecular weight is 407 g/mol. The van der Waals surface area contributed by atoms with Crippen molar-refractivity contribution >= 4 is 33.7 Å². The first kappa shape index (κ1) is 20.8. The normalized spacial score (nSPS) is 31.4. The molecule has 3 fully saturated rings. The summed E-state index contributed by atoms with van der Waals surface area (Å²) in [5.41, 5.74) is 2.18. The van der Waals surface area contributed by atoms with Gasteiger partial charge in [-0.2, -0.15) is 10.2 Å². The Kier molecular flexibility index (Phi) is 6.30. The van der Waals surface area contributed by atoms with Gasteiger partial charge in [0.25, 0.3) is 0 Å². The van der Waals surface area contributed by atoms with Crippen molar-refractivity contribution in [3.05, 3.63) is 0 Å². The molecular weight excluding hydrogens is 368 g/mol. The van der Waals surface area contributed by atoms with Crippen LogP contribution in [0.2, 0.25) is 38.3 Å². The number of nitrogens with zero attached hydrogens (tertiary/aromatic N) is 4. The molecule has 7 heteroatoms. The van der Waals surface area contributed by atoms with E-state index in [9.17, 15) is 4.79 Å². The third kappa shape index (κ3) is 4.73. The lowest BCUT2D eigenvalue weighted by Gasteiger charge is -2.41. The maximum atomic E-state index is 12.6. The van der Waals surface area contributed by atoms with E-state index in [1.165, 1.54) is 37.8 Å². The minimum atomic E-state index is -1.46. The highest BCUT2D eigenvalue weighted by atomic mass is 28.3. The first-order valence-electron chi connectivity index (χ1n) is 10.9. The van der Waals surface area contributed by atoms with Gasteiger partial charge in [-0.25, -0.2) is 0 Å². The lowest BCUT2D eigenvalue weighted by atomic mass is 9.83. The van der Waals surface area contributed by atoms with E-state index in [0.717, 1.165) is 43.8 Å². The van der Waals surface area contributed by atoms with Gasteiger partial charge in [-0.3, -0.25) is 4.79 Å². The number of carbonyl (C=O) groups excluding carboxylic acids is 1. The van der Waals surface area contributed by atoms with Gasteiger partial charge in [0, 0.05) is 13.1 Å². The van der Waals surface area contributed by atoms with E-state index in [4.69, 9.17) is 10.2 Å². The van der Waals surface area contributed by atoms with Crippen LogP contribution in [0.1, 0.15) is 51.9 Å². The lowest BCUT2D eigenvalue weighted by Crippen LogP contribution is -2.51. The lowest BCUT2D eigenvalue weighted by molar-refractivity contribution is -0.117. The van der Waals surface area contributed by atoms with Crippen LogP contribution in [0.4, 0.5) is 0 Å². The number of Topliss-reactive ketones (excluding diaryl/α,β-unsaturated/α-hetero) is 1. The Morgan fingerprint density at radius 1 is 0.815 bits per heavy atom. The van der Waals surface area contributed by atoms with Crippen molar-refractivity contribution in [3.63, 3.8) is 0 Å². The van der Waals surface area contributed by atoms with Gasteiger partial charge in [0.1, 0.15) is 5.78 Å². The predicted octanol–water partition coefficient (Wildman–Crippen LogP) is 4.69. The molecule has 2 aliphatic heterocycles. The highest BCUT2D eigenvalue weighted by Gasteiger charge is 2.37. The Balaban J connectivity index is 1.89. The number of carbonyl (C=O) groups is 1. The van der Waals surface area contributed by atoms with Crippen molar-refractivity contribution in [1.29, 1.82) is 0 Å². The monoisotopic (exact) mass is 406 g/mol. The molecule has 1 aliphatic carbocycles. The van der Waals surface area contributed by atoms with Crippen molar-refractivity contribution in [2.75, 3.05) is 13.1 Å². The summed E-state index contributed by atoms with van der Waals surface area (Å²) in [7, 11) is -2.93. The summed E-state index contributed by atoms with van der Waals surface area (Å²) < 4.78 is 4.79. The Morgan fingerprint density at radius 2 is 1.26 bits per heavy atom. The van der Waals surface area contributed by atoms with E-state index in [0.29, 0.717) is 0 Å². The first-order chi connectivity index (χ1) is 12.7. The Hall–Kier alpha value is -0.956. The van der Waals surface area contributed by atoms with Gasteiger partial charge in [0.2, 0.25) is 0 Å². The van der Waals surface area contributed by atoms with Crippen molar-refractivity contribution < 1.29 is 4.79 Å². The molecule has 27 heavy (non-hydrogen) atoms. The fourth-order valence-electron chi connectivity index (χ4n) is 4.80. The summed E-state index contributed by atoms with van der Waals surface area (Å²) in [5, 5.41) is 10.3. The van der Waals surface area contributed by atoms with Gasteiger partial charge in [-0.15, -0.1) is 0 Å². The minimum Gasteiger partial charge on any atom is -0.324 e. The van der Waals surface area contributed by atoms with Crippen LogP contribution in [-0.2, 0) is 4.79 Å². The van der Waals surface area contributed by atoms with E-state index in [1.54, 1.807) is 6.92 Å². The molecule has 0 aromatic rings. The van der Waals surface area contributed by atoms with Crippen LogP contribution in [0.5, 0.6) is 0 Å². The smallest absolute Gasteiger partial charge is 0.172 e. The van der Waals surface area contributed by atoms with Crippen molar-refractivity contribution in [2.45, 2.75) is 90.1 Å². The van der Waals surface area contributed by atoms with Gasteiger partial charge in [-0.05, 0) is 51.1 Å². The molecule has 0 aromatic heterocycles. The molecule has 0 atom stereocenters. The van der Waals surface area contributed by atoms with Crippen LogP contribution in [0.15, 0.2) is 10.2 Å². The second-order valence-electron chi connectivity index (χ2n) is 9.87. The summed E-state index contributed by atoms with van der Waals surface area (Å²) in [6.07, 6.45) is 8.10. The summed E-state index contributed by atoms with van der Waals surface area (Å²) in [6, 6.07) is 2.62. The predicted molar refractivity (Wildman–Crippen MR) is 119 cm³/mol.